The van der Waals surface area contributed by atoms with Gasteiger partial charge in [0, 0.05) is 5.56 Å². The number of aryl methyl sites for hydroxylation is 1. The van der Waals surface area contributed by atoms with Gasteiger partial charge in [0.1, 0.15) is 18.3 Å². The Hall–Kier alpha value is -3.68. The van der Waals surface area contributed by atoms with Gasteiger partial charge in [-0.05, 0) is 44.4 Å². The standard InChI is InChI=1S/C25H29N3O5/c1-5-22(28-31-6-2)21(25(29)30-4)15-18-10-12-20(13-11-18)32-23(24-26-16-27-33-24)19-9-7-8-17(3)14-19/h7-14,16,21,23H,5-6,15H2,1-4H3. The summed E-state index contributed by atoms with van der Waals surface area (Å²) in [6, 6.07) is 15.5. The molecule has 2 atom stereocenters. The number of benzene rings is 2. The van der Waals surface area contributed by atoms with Gasteiger partial charge in [-0.3, -0.25) is 4.79 Å². The minimum absolute atomic E-state index is 0.341. The number of carbonyl (C=O) groups excluding carboxylic acids is 1. The van der Waals surface area contributed by atoms with Crippen LogP contribution in [0.5, 0.6) is 5.75 Å². The van der Waals surface area contributed by atoms with E-state index < -0.39 is 12.0 Å². The Labute approximate surface area is 193 Å². The maximum atomic E-state index is 12.4. The predicted molar refractivity (Wildman–Crippen MR) is 123 cm³/mol. The summed E-state index contributed by atoms with van der Waals surface area (Å²) in [6.07, 6.45) is 1.85. The van der Waals surface area contributed by atoms with Crippen LogP contribution in [0.3, 0.4) is 0 Å². The molecule has 3 aromatic rings. The van der Waals surface area contributed by atoms with Crippen molar-refractivity contribution in [1.29, 1.82) is 0 Å². The second-order valence-electron chi connectivity index (χ2n) is 7.47. The van der Waals surface area contributed by atoms with Crippen LogP contribution in [-0.2, 0) is 20.8 Å². The van der Waals surface area contributed by atoms with Gasteiger partial charge in [0.25, 0.3) is 5.89 Å². The fourth-order valence-electron chi connectivity index (χ4n) is 3.47. The molecule has 0 aliphatic carbocycles. The molecular weight excluding hydrogens is 422 g/mol. The zero-order chi connectivity index (χ0) is 23.6. The minimum atomic E-state index is -0.536. The first kappa shape index (κ1) is 24.0. The number of aromatic nitrogens is 2. The summed E-state index contributed by atoms with van der Waals surface area (Å²) in [4.78, 5) is 21.8. The summed E-state index contributed by atoms with van der Waals surface area (Å²) in [7, 11) is 1.38. The van der Waals surface area contributed by atoms with E-state index in [0.29, 0.717) is 36.8 Å². The van der Waals surface area contributed by atoms with Gasteiger partial charge in [0.05, 0.1) is 12.8 Å². The van der Waals surface area contributed by atoms with Gasteiger partial charge in [-0.2, -0.15) is 4.98 Å². The summed E-state index contributed by atoms with van der Waals surface area (Å²) in [6.45, 7) is 6.24. The molecular formula is C25H29N3O5. The van der Waals surface area contributed by atoms with Crippen LogP contribution in [-0.4, -0.2) is 35.5 Å². The van der Waals surface area contributed by atoms with E-state index in [2.05, 4.69) is 15.3 Å². The molecule has 0 fully saturated rings. The Bertz CT molecular complexity index is 1050. The molecule has 1 aromatic heterocycles. The van der Waals surface area contributed by atoms with Crippen LogP contribution in [0.1, 0.15) is 49.0 Å². The lowest BCUT2D eigenvalue weighted by atomic mass is 9.93. The van der Waals surface area contributed by atoms with Crippen molar-refractivity contribution in [1.82, 2.24) is 10.1 Å². The van der Waals surface area contributed by atoms with Crippen molar-refractivity contribution in [3.8, 4) is 5.75 Å². The normalized spacial score (nSPS) is 13.3. The van der Waals surface area contributed by atoms with E-state index >= 15 is 0 Å². The third-order valence-electron chi connectivity index (χ3n) is 5.13. The molecule has 0 saturated carbocycles. The van der Waals surface area contributed by atoms with Crippen LogP contribution in [0.4, 0.5) is 0 Å². The maximum absolute atomic E-state index is 12.4. The maximum Gasteiger partial charge on any atom is 0.314 e. The second-order valence-corrected chi connectivity index (χ2v) is 7.47. The minimum Gasteiger partial charge on any atom is -0.476 e. The first-order chi connectivity index (χ1) is 16.0. The molecule has 0 aliphatic rings. The average molecular weight is 452 g/mol. The second kappa shape index (κ2) is 11.8. The van der Waals surface area contributed by atoms with E-state index in [9.17, 15) is 4.79 Å². The Balaban J connectivity index is 1.79. The molecule has 0 saturated heterocycles. The molecule has 2 aromatic carbocycles. The quantitative estimate of drug-likeness (QED) is 0.237. The molecule has 0 aliphatic heterocycles. The van der Waals surface area contributed by atoms with E-state index in [4.69, 9.17) is 18.8 Å². The van der Waals surface area contributed by atoms with Crippen molar-refractivity contribution in [2.24, 2.45) is 11.1 Å². The Morgan fingerprint density at radius 3 is 2.55 bits per heavy atom. The number of esters is 1. The van der Waals surface area contributed by atoms with E-state index in [1.807, 2.05) is 69.3 Å². The Morgan fingerprint density at radius 2 is 1.94 bits per heavy atom. The number of oxime groups is 1. The zero-order valence-electron chi connectivity index (χ0n) is 19.4. The first-order valence-corrected chi connectivity index (χ1v) is 10.9. The number of ether oxygens (including phenoxy) is 2. The van der Waals surface area contributed by atoms with Crippen molar-refractivity contribution < 1.29 is 23.6 Å². The van der Waals surface area contributed by atoms with Crippen LogP contribution in [0, 0.1) is 12.8 Å². The van der Waals surface area contributed by atoms with Crippen LogP contribution in [0.2, 0.25) is 0 Å². The summed E-state index contributed by atoms with van der Waals surface area (Å²) in [5.41, 5.74) is 3.61. The number of rotatable bonds is 11. The summed E-state index contributed by atoms with van der Waals surface area (Å²) in [5.74, 6) is 0.148. The number of nitrogens with zero attached hydrogens (tertiary/aromatic N) is 3. The van der Waals surface area contributed by atoms with Crippen molar-refractivity contribution in [3.63, 3.8) is 0 Å². The van der Waals surface area contributed by atoms with Crippen LogP contribution in [0.15, 0.2) is 64.5 Å². The lowest BCUT2D eigenvalue weighted by molar-refractivity contribution is -0.143. The highest BCUT2D eigenvalue weighted by atomic mass is 16.6. The fraction of sp³-hybridized carbons (Fsp3) is 0.360. The van der Waals surface area contributed by atoms with Gasteiger partial charge in [0.2, 0.25) is 6.10 Å². The molecule has 0 amide bonds. The largest absolute Gasteiger partial charge is 0.476 e. The molecule has 3 rings (SSSR count). The molecule has 8 nitrogen and oxygen atoms in total. The van der Waals surface area contributed by atoms with Crippen molar-refractivity contribution >= 4 is 11.7 Å². The highest BCUT2D eigenvalue weighted by Gasteiger charge is 2.26. The van der Waals surface area contributed by atoms with Crippen LogP contribution < -0.4 is 4.74 Å². The van der Waals surface area contributed by atoms with Crippen molar-refractivity contribution in [3.05, 3.63) is 77.4 Å². The summed E-state index contributed by atoms with van der Waals surface area (Å²) in [5, 5.41) is 7.84. The molecule has 0 N–H and O–H groups in total. The summed E-state index contributed by atoms with van der Waals surface area (Å²) >= 11 is 0. The predicted octanol–water partition coefficient (Wildman–Crippen LogP) is 4.68. The van der Waals surface area contributed by atoms with Crippen LogP contribution >= 0.6 is 0 Å². The van der Waals surface area contributed by atoms with E-state index in [1.165, 1.54) is 13.4 Å². The highest BCUT2D eigenvalue weighted by Crippen LogP contribution is 2.28. The van der Waals surface area contributed by atoms with Crippen LogP contribution in [0.25, 0.3) is 0 Å². The zero-order valence-corrected chi connectivity index (χ0v) is 19.4. The molecule has 2 unspecified atom stereocenters. The van der Waals surface area contributed by atoms with Crippen molar-refractivity contribution in [2.45, 2.75) is 39.7 Å². The molecule has 0 bridgehead atoms. The number of carbonyl (C=O) groups is 1. The lowest BCUT2D eigenvalue weighted by Crippen LogP contribution is -2.27. The third-order valence-corrected chi connectivity index (χ3v) is 5.13. The molecule has 8 heteroatoms. The Kier molecular flexibility index (Phi) is 8.57. The molecule has 0 radical (unpaired) electrons. The van der Waals surface area contributed by atoms with E-state index in [1.54, 1.807) is 0 Å². The van der Waals surface area contributed by atoms with Gasteiger partial charge in [-0.25, -0.2) is 0 Å². The number of hydrogen-bond acceptors (Lipinski definition) is 8. The average Bonchev–Trinajstić information content (AvgIpc) is 3.37. The molecule has 174 valence electrons. The monoisotopic (exact) mass is 451 g/mol. The molecule has 1 heterocycles. The van der Waals surface area contributed by atoms with Gasteiger partial charge in [-0.15, -0.1) is 0 Å². The first-order valence-electron chi connectivity index (χ1n) is 10.9. The third kappa shape index (κ3) is 6.41. The summed E-state index contributed by atoms with van der Waals surface area (Å²) < 4.78 is 16.5. The van der Waals surface area contributed by atoms with Gasteiger partial charge in [0.15, 0.2) is 6.33 Å². The molecule has 0 spiro atoms. The van der Waals surface area contributed by atoms with Gasteiger partial charge < -0.3 is 18.8 Å². The highest BCUT2D eigenvalue weighted by molar-refractivity contribution is 6.02. The van der Waals surface area contributed by atoms with E-state index in [-0.39, 0.29) is 5.97 Å². The molecule has 33 heavy (non-hydrogen) atoms. The fourth-order valence-corrected chi connectivity index (χ4v) is 3.47. The van der Waals surface area contributed by atoms with Gasteiger partial charge in [-0.1, -0.05) is 59.2 Å². The lowest BCUT2D eigenvalue weighted by Gasteiger charge is -2.18. The van der Waals surface area contributed by atoms with E-state index in [0.717, 1.165) is 16.7 Å². The smallest absolute Gasteiger partial charge is 0.314 e. The van der Waals surface area contributed by atoms with Crippen molar-refractivity contribution in [2.75, 3.05) is 13.7 Å². The number of hydrogen-bond donors (Lipinski definition) is 0. The Morgan fingerprint density at radius 1 is 1.15 bits per heavy atom. The SMILES string of the molecule is CCON=C(CC)C(Cc1ccc(OC(c2cccc(C)c2)c2ncno2)cc1)C(=O)OC. The number of methoxy groups -OCH3 is 1. The van der Waals surface area contributed by atoms with Gasteiger partial charge >= 0.3 is 5.97 Å². The topological polar surface area (TPSA) is 96.0 Å².